The highest BCUT2D eigenvalue weighted by atomic mass is 16.5. The number of hydrogen-bond donors (Lipinski definition) is 0. The van der Waals surface area contributed by atoms with E-state index >= 15 is 0 Å². The minimum atomic E-state index is 0.543. The van der Waals surface area contributed by atoms with Crippen LogP contribution in [0.15, 0.2) is 54.7 Å². The standard InChI is InChI=1S/C13H12NO/c1-2-6-12(7-3-1)9-11-15-13-8-4-5-10-14-13/h1-10H,11H2. The Kier molecular flexibility index (Phi) is 3.34. The fraction of sp³-hybridized carbons (Fsp3) is 0.0769. The van der Waals surface area contributed by atoms with Crippen LogP contribution in [0.4, 0.5) is 0 Å². The highest BCUT2D eigenvalue weighted by Gasteiger charge is 1.94. The van der Waals surface area contributed by atoms with Crippen molar-refractivity contribution in [1.82, 2.24) is 4.98 Å². The summed E-state index contributed by atoms with van der Waals surface area (Å²) < 4.78 is 5.44. The molecule has 1 aromatic carbocycles. The summed E-state index contributed by atoms with van der Waals surface area (Å²) in [5, 5.41) is 0. The van der Waals surface area contributed by atoms with Crippen molar-refractivity contribution in [3.63, 3.8) is 0 Å². The Balaban J connectivity index is 1.81. The SMILES string of the molecule is [CH](COc1ccccn1)c1ccccc1. The summed E-state index contributed by atoms with van der Waals surface area (Å²) in [6.07, 6.45) is 3.74. The summed E-state index contributed by atoms with van der Waals surface area (Å²) in [5.74, 6) is 0.657. The molecule has 75 valence electrons. The van der Waals surface area contributed by atoms with Gasteiger partial charge in [-0.25, -0.2) is 4.98 Å². The van der Waals surface area contributed by atoms with Crippen LogP contribution in [0.2, 0.25) is 0 Å². The molecule has 0 atom stereocenters. The van der Waals surface area contributed by atoms with Crippen LogP contribution in [0.3, 0.4) is 0 Å². The zero-order valence-corrected chi connectivity index (χ0v) is 8.34. The summed E-state index contributed by atoms with van der Waals surface area (Å²) in [6, 6.07) is 15.7. The molecule has 0 aliphatic heterocycles. The lowest BCUT2D eigenvalue weighted by atomic mass is 10.2. The van der Waals surface area contributed by atoms with E-state index in [0.717, 1.165) is 5.56 Å². The van der Waals surface area contributed by atoms with Crippen molar-refractivity contribution in [2.24, 2.45) is 0 Å². The first-order valence-electron chi connectivity index (χ1n) is 4.87. The molecular weight excluding hydrogens is 186 g/mol. The summed E-state index contributed by atoms with van der Waals surface area (Å²) >= 11 is 0. The van der Waals surface area contributed by atoms with Crippen molar-refractivity contribution in [2.75, 3.05) is 6.61 Å². The molecule has 1 aromatic heterocycles. The van der Waals surface area contributed by atoms with Crippen LogP contribution in [0, 0.1) is 6.42 Å². The topological polar surface area (TPSA) is 22.1 Å². The first-order valence-corrected chi connectivity index (χ1v) is 4.87. The Morgan fingerprint density at radius 3 is 2.53 bits per heavy atom. The molecule has 1 heterocycles. The van der Waals surface area contributed by atoms with Crippen molar-refractivity contribution >= 4 is 0 Å². The smallest absolute Gasteiger partial charge is 0.213 e. The lowest BCUT2D eigenvalue weighted by molar-refractivity contribution is 0.338. The molecule has 2 heteroatoms. The van der Waals surface area contributed by atoms with E-state index in [2.05, 4.69) is 4.98 Å². The Hall–Kier alpha value is -1.83. The molecule has 0 fully saturated rings. The van der Waals surface area contributed by atoms with Gasteiger partial charge in [0.1, 0.15) is 0 Å². The Morgan fingerprint density at radius 1 is 1.00 bits per heavy atom. The van der Waals surface area contributed by atoms with Gasteiger partial charge in [0.25, 0.3) is 0 Å². The fourth-order valence-corrected chi connectivity index (χ4v) is 1.24. The molecule has 0 N–H and O–H groups in total. The average Bonchev–Trinajstić information content (AvgIpc) is 2.32. The van der Waals surface area contributed by atoms with Crippen molar-refractivity contribution in [3.8, 4) is 5.88 Å². The van der Waals surface area contributed by atoms with Gasteiger partial charge in [-0.3, -0.25) is 0 Å². The van der Waals surface area contributed by atoms with E-state index in [1.54, 1.807) is 6.20 Å². The molecule has 2 aromatic rings. The third-order valence-corrected chi connectivity index (χ3v) is 1.99. The molecule has 0 aliphatic rings. The second kappa shape index (κ2) is 5.15. The molecule has 0 spiro atoms. The largest absolute Gasteiger partial charge is 0.477 e. The van der Waals surface area contributed by atoms with Crippen LogP contribution in [-0.2, 0) is 0 Å². The van der Waals surface area contributed by atoms with Gasteiger partial charge in [0, 0.05) is 18.7 Å². The predicted molar refractivity (Wildman–Crippen MR) is 59.6 cm³/mol. The molecule has 0 amide bonds. The monoisotopic (exact) mass is 198 g/mol. The Labute approximate surface area is 89.6 Å². The fourth-order valence-electron chi connectivity index (χ4n) is 1.24. The molecular formula is C13H12NO. The van der Waals surface area contributed by atoms with Crippen LogP contribution in [-0.4, -0.2) is 11.6 Å². The Bertz CT molecular complexity index is 346. The number of ether oxygens (including phenoxy) is 1. The molecule has 2 nitrogen and oxygen atoms in total. The van der Waals surface area contributed by atoms with Crippen LogP contribution < -0.4 is 4.74 Å². The maximum absolute atomic E-state index is 5.44. The van der Waals surface area contributed by atoms with Crippen molar-refractivity contribution in [2.45, 2.75) is 0 Å². The molecule has 1 radical (unpaired) electrons. The first kappa shape index (κ1) is 9.71. The van der Waals surface area contributed by atoms with E-state index in [0.29, 0.717) is 12.5 Å². The molecule has 15 heavy (non-hydrogen) atoms. The third-order valence-electron chi connectivity index (χ3n) is 1.99. The van der Waals surface area contributed by atoms with Crippen LogP contribution >= 0.6 is 0 Å². The van der Waals surface area contributed by atoms with Gasteiger partial charge in [0.05, 0.1) is 6.61 Å². The van der Waals surface area contributed by atoms with Gasteiger partial charge in [-0.2, -0.15) is 0 Å². The predicted octanol–water partition coefficient (Wildman–Crippen LogP) is 2.71. The van der Waals surface area contributed by atoms with Gasteiger partial charge >= 0.3 is 0 Å². The van der Waals surface area contributed by atoms with Crippen molar-refractivity contribution in [1.29, 1.82) is 0 Å². The quantitative estimate of drug-likeness (QED) is 0.753. The van der Waals surface area contributed by atoms with Gasteiger partial charge in [-0.1, -0.05) is 36.4 Å². The van der Waals surface area contributed by atoms with Crippen LogP contribution in [0.5, 0.6) is 5.88 Å². The summed E-state index contributed by atoms with van der Waals surface area (Å²) in [4.78, 5) is 4.07. The molecule has 0 saturated heterocycles. The second-order valence-corrected chi connectivity index (χ2v) is 3.09. The molecule has 0 saturated carbocycles. The number of pyridine rings is 1. The highest BCUT2D eigenvalue weighted by molar-refractivity contribution is 5.22. The number of rotatable bonds is 4. The lowest BCUT2D eigenvalue weighted by Crippen LogP contribution is -1.99. The summed E-state index contributed by atoms with van der Waals surface area (Å²) in [6.45, 7) is 0.543. The van der Waals surface area contributed by atoms with E-state index in [1.807, 2.05) is 55.0 Å². The maximum Gasteiger partial charge on any atom is 0.213 e. The lowest BCUT2D eigenvalue weighted by Gasteiger charge is -2.03. The molecule has 0 unspecified atom stereocenters. The normalized spacial score (nSPS) is 9.87. The average molecular weight is 198 g/mol. The second-order valence-electron chi connectivity index (χ2n) is 3.09. The highest BCUT2D eigenvalue weighted by Crippen LogP contribution is 2.06. The van der Waals surface area contributed by atoms with Crippen molar-refractivity contribution < 1.29 is 4.74 Å². The van der Waals surface area contributed by atoms with Gasteiger partial charge in [-0.05, 0) is 11.6 Å². The van der Waals surface area contributed by atoms with E-state index < -0.39 is 0 Å². The van der Waals surface area contributed by atoms with E-state index in [4.69, 9.17) is 4.74 Å². The number of nitrogens with zero attached hydrogens (tertiary/aromatic N) is 1. The van der Waals surface area contributed by atoms with Gasteiger partial charge in [0.2, 0.25) is 5.88 Å². The van der Waals surface area contributed by atoms with E-state index in [1.165, 1.54) is 0 Å². The van der Waals surface area contributed by atoms with Crippen LogP contribution in [0.25, 0.3) is 0 Å². The third kappa shape index (κ3) is 3.09. The zero-order chi connectivity index (χ0) is 10.3. The number of hydrogen-bond acceptors (Lipinski definition) is 2. The molecule has 0 bridgehead atoms. The zero-order valence-electron chi connectivity index (χ0n) is 8.34. The van der Waals surface area contributed by atoms with Crippen molar-refractivity contribution in [3.05, 3.63) is 66.7 Å². The molecule has 0 aliphatic carbocycles. The maximum atomic E-state index is 5.44. The number of aromatic nitrogens is 1. The first-order chi connectivity index (χ1) is 7.45. The van der Waals surface area contributed by atoms with Crippen LogP contribution in [0.1, 0.15) is 5.56 Å². The Morgan fingerprint density at radius 2 is 1.80 bits per heavy atom. The van der Waals surface area contributed by atoms with E-state index in [-0.39, 0.29) is 0 Å². The summed E-state index contributed by atoms with van der Waals surface area (Å²) in [7, 11) is 0. The van der Waals surface area contributed by atoms with E-state index in [9.17, 15) is 0 Å². The van der Waals surface area contributed by atoms with Gasteiger partial charge < -0.3 is 4.74 Å². The van der Waals surface area contributed by atoms with Gasteiger partial charge in [0.15, 0.2) is 0 Å². The minimum absolute atomic E-state index is 0.543. The molecule has 2 rings (SSSR count). The summed E-state index contributed by atoms with van der Waals surface area (Å²) in [5.41, 5.74) is 1.16. The van der Waals surface area contributed by atoms with Gasteiger partial charge in [-0.15, -0.1) is 0 Å². The number of benzene rings is 1. The minimum Gasteiger partial charge on any atom is -0.477 e.